The minimum absolute atomic E-state index is 0. The maximum absolute atomic E-state index is 5.81. The zero-order chi connectivity index (χ0) is 19.5. The molecule has 2 aliphatic heterocycles. The number of rotatable bonds is 9. The van der Waals surface area contributed by atoms with Crippen molar-refractivity contribution < 1.29 is 18.6 Å². The summed E-state index contributed by atoms with van der Waals surface area (Å²) >= 11 is 0. The van der Waals surface area contributed by atoms with Crippen molar-refractivity contribution in [1.29, 1.82) is 0 Å². The molecule has 0 bridgehead atoms. The Bertz CT molecular complexity index is 573. The molecule has 0 aliphatic carbocycles. The van der Waals surface area contributed by atoms with Gasteiger partial charge >= 0.3 is 0 Å². The molecule has 1 aromatic heterocycles. The summed E-state index contributed by atoms with van der Waals surface area (Å²) in [5.41, 5.74) is -0.224. The van der Waals surface area contributed by atoms with Gasteiger partial charge in [-0.1, -0.05) is 0 Å². The highest BCUT2D eigenvalue weighted by Gasteiger charge is 2.32. The summed E-state index contributed by atoms with van der Waals surface area (Å²) in [5, 5.41) is 6.89. The molecule has 29 heavy (non-hydrogen) atoms. The third-order valence-electron chi connectivity index (χ3n) is 5.43. The van der Waals surface area contributed by atoms with Gasteiger partial charge in [-0.05, 0) is 12.1 Å². The van der Waals surface area contributed by atoms with Gasteiger partial charge in [0.15, 0.2) is 5.96 Å². The second-order valence-electron chi connectivity index (χ2n) is 7.30. The second kappa shape index (κ2) is 13.4. The lowest BCUT2D eigenvalue weighted by molar-refractivity contribution is -0.0828. The summed E-state index contributed by atoms with van der Waals surface area (Å²) in [7, 11) is 1.77. The van der Waals surface area contributed by atoms with Crippen molar-refractivity contribution >= 4 is 29.9 Å². The number of nitrogens with one attached hydrogen (secondary N) is 2. The van der Waals surface area contributed by atoms with Gasteiger partial charge in [0.25, 0.3) is 0 Å². The second-order valence-corrected chi connectivity index (χ2v) is 7.30. The standard InChI is InChI=1S/C20H34N4O4.HI/c1-25-20(5-13-26-14-6-20)17-23-19(21-7-4-18-3-2-12-28-18)22-8-9-24-10-15-27-16-11-24;/h2-3,12H,4-11,13-17H2,1H3,(H2,21,22,23);1H. The van der Waals surface area contributed by atoms with Crippen LogP contribution in [0.3, 0.4) is 0 Å². The van der Waals surface area contributed by atoms with Crippen LogP contribution < -0.4 is 10.6 Å². The van der Waals surface area contributed by atoms with Gasteiger partial charge in [0, 0.05) is 72.3 Å². The SMILES string of the molecule is COC1(CN=C(NCCc2ccco2)NCCN2CCOCC2)CCOCC1.I. The van der Waals surface area contributed by atoms with E-state index in [0.29, 0.717) is 6.54 Å². The minimum Gasteiger partial charge on any atom is -0.469 e. The number of halogens is 1. The fourth-order valence-corrected chi connectivity index (χ4v) is 3.48. The van der Waals surface area contributed by atoms with Crippen LogP contribution in [0.15, 0.2) is 27.8 Å². The summed E-state index contributed by atoms with van der Waals surface area (Å²) in [5.74, 6) is 1.79. The predicted molar refractivity (Wildman–Crippen MR) is 123 cm³/mol. The number of nitrogens with zero attached hydrogens (tertiary/aromatic N) is 2. The van der Waals surface area contributed by atoms with E-state index in [-0.39, 0.29) is 29.6 Å². The molecule has 2 saturated heterocycles. The molecule has 3 rings (SSSR count). The summed E-state index contributed by atoms with van der Waals surface area (Å²) in [6.45, 7) is 8.30. The van der Waals surface area contributed by atoms with Gasteiger partial charge < -0.3 is 29.3 Å². The van der Waals surface area contributed by atoms with Gasteiger partial charge in [-0.2, -0.15) is 0 Å². The molecule has 0 spiro atoms. The molecule has 0 radical (unpaired) electrons. The van der Waals surface area contributed by atoms with Crippen molar-refractivity contribution in [3.8, 4) is 0 Å². The topological polar surface area (TPSA) is 80.5 Å². The lowest BCUT2D eigenvalue weighted by atomic mass is 9.94. The van der Waals surface area contributed by atoms with Gasteiger partial charge in [-0.25, -0.2) is 0 Å². The Morgan fingerprint density at radius 1 is 1.14 bits per heavy atom. The number of morpholine rings is 1. The van der Waals surface area contributed by atoms with E-state index < -0.39 is 0 Å². The molecule has 166 valence electrons. The van der Waals surface area contributed by atoms with Crippen LogP contribution in [0.4, 0.5) is 0 Å². The third kappa shape index (κ3) is 8.41. The van der Waals surface area contributed by atoms with E-state index in [1.165, 1.54) is 0 Å². The molecule has 2 aliphatic rings. The molecule has 9 heteroatoms. The fourth-order valence-electron chi connectivity index (χ4n) is 3.48. The van der Waals surface area contributed by atoms with Crippen LogP contribution in [0.2, 0.25) is 0 Å². The quantitative estimate of drug-likeness (QED) is 0.289. The molecule has 0 unspecified atom stereocenters. The monoisotopic (exact) mass is 522 g/mol. The molecule has 0 atom stereocenters. The first-order chi connectivity index (χ1) is 13.8. The normalized spacial score (nSPS) is 20.1. The highest BCUT2D eigenvalue weighted by Crippen LogP contribution is 2.24. The maximum Gasteiger partial charge on any atom is 0.191 e. The number of furan rings is 1. The smallest absolute Gasteiger partial charge is 0.191 e. The minimum atomic E-state index is -0.224. The van der Waals surface area contributed by atoms with Crippen LogP contribution >= 0.6 is 24.0 Å². The van der Waals surface area contributed by atoms with Crippen LogP contribution in [0.5, 0.6) is 0 Å². The van der Waals surface area contributed by atoms with Crippen LogP contribution in [0.25, 0.3) is 0 Å². The third-order valence-corrected chi connectivity index (χ3v) is 5.43. The Balaban J connectivity index is 0.00000300. The van der Waals surface area contributed by atoms with E-state index in [1.807, 2.05) is 12.1 Å². The van der Waals surface area contributed by atoms with E-state index in [4.69, 9.17) is 23.6 Å². The van der Waals surface area contributed by atoms with Gasteiger partial charge in [0.2, 0.25) is 0 Å². The van der Waals surface area contributed by atoms with Crippen molar-refractivity contribution in [2.75, 3.05) is 72.8 Å². The lowest BCUT2D eigenvalue weighted by Gasteiger charge is -2.34. The average Bonchev–Trinajstić information content (AvgIpc) is 3.26. The highest BCUT2D eigenvalue weighted by molar-refractivity contribution is 14.0. The van der Waals surface area contributed by atoms with Crippen LogP contribution in [-0.2, 0) is 20.6 Å². The number of hydrogen-bond acceptors (Lipinski definition) is 6. The number of methoxy groups -OCH3 is 1. The molecule has 2 fully saturated rings. The molecule has 8 nitrogen and oxygen atoms in total. The van der Waals surface area contributed by atoms with E-state index in [0.717, 1.165) is 90.1 Å². The van der Waals surface area contributed by atoms with Crippen molar-refractivity contribution in [2.45, 2.75) is 24.9 Å². The Kier molecular flexibility index (Phi) is 11.3. The number of aliphatic imine (C=N–C) groups is 1. The maximum atomic E-state index is 5.81. The molecule has 0 amide bonds. The fraction of sp³-hybridized carbons (Fsp3) is 0.750. The molecule has 0 aromatic carbocycles. The van der Waals surface area contributed by atoms with E-state index in [9.17, 15) is 0 Å². The van der Waals surface area contributed by atoms with Gasteiger partial charge in [0.05, 0.1) is 31.6 Å². The Morgan fingerprint density at radius 2 is 1.86 bits per heavy atom. The Hall–Kier alpha value is -0.880. The summed E-state index contributed by atoms with van der Waals surface area (Å²) in [6, 6.07) is 3.91. The zero-order valence-corrected chi connectivity index (χ0v) is 19.7. The molecular weight excluding hydrogens is 487 g/mol. The molecule has 1 aromatic rings. The van der Waals surface area contributed by atoms with Crippen molar-refractivity contribution in [3.63, 3.8) is 0 Å². The molecular formula is C20H35IN4O4. The van der Waals surface area contributed by atoms with Crippen molar-refractivity contribution in [2.24, 2.45) is 4.99 Å². The van der Waals surface area contributed by atoms with E-state index in [2.05, 4.69) is 15.5 Å². The van der Waals surface area contributed by atoms with E-state index >= 15 is 0 Å². The zero-order valence-electron chi connectivity index (χ0n) is 17.4. The van der Waals surface area contributed by atoms with Crippen molar-refractivity contribution in [1.82, 2.24) is 15.5 Å². The average molecular weight is 522 g/mol. The molecule has 2 N–H and O–H groups in total. The molecule has 0 saturated carbocycles. The Morgan fingerprint density at radius 3 is 2.55 bits per heavy atom. The van der Waals surface area contributed by atoms with Gasteiger partial charge in [0.1, 0.15) is 5.76 Å². The lowest BCUT2D eigenvalue weighted by Crippen LogP contribution is -2.46. The summed E-state index contributed by atoms with van der Waals surface area (Å²) in [4.78, 5) is 7.24. The predicted octanol–water partition coefficient (Wildman–Crippen LogP) is 1.50. The first-order valence-corrected chi connectivity index (χ1v) is 10.3. The van der Waals surface area contributed by atoms with Crippen LogP contribution in [0, 0.1) is 0 Å². The van der Waals surface area contributed by atoms with E-state index in [1.54, 1.807) is 13.4 Å². The first-order valence-electron chi connectivity index (χ1n) is 10.3. The number of ether oxygens (including phenoxy) is 3. The van der Waals surface area contributed by atoms with Gasteiger partial charge in [-0.3, -0.25) is 9.89 Å². The van der Waals surface area contributed by atoms with Crippen LogP contribution in [-0.4, -0.2) is 89.3 Å². The molecule has 3 heterocycles. The van der Waals surface area contributed by atoms with Crippen molar-refractivity contribution in [3.05, 3.63) is 24.2 Å². The summed E-state index contributed by atoms with van der Waals surface area (Å²) in [6.07, 6.45) is 4.28. The largest absolute Gasteiger partial charge is 0.469 e. The first kappa shape index (κ1) is 24.4. The summed E-state index contributed by atoms with van der Waals surface area (Å²) < 4.78 is 22.1. The van der Waals surface area contributed by atoms with Gasteiger partial charge in [-0.15, -0.1) is 24.0 Å². The number of guanidine groups is 1. The van der Waals surface area contributed by atoms with Crippen LogP contribution in [0.1, 0.15) is 18.6 Å². The number of hydrogen-bond donors (Lipinski definition) is 2. The highest BCUT2D eigenvalue weighted by atomic mass is 127. The Labute approximate surface area is 190 Å².